The Morgan fingerprint density at radius 1 is 0.812 bits per heavy atom. The summed E-state index contributed by atoms with van der Waals surface area (Å²) in [6.07, 6.45) is 0.219. The third-order valence-electron chi connectivity index (χ3n) is 2.32. The van der Waals surface area contributed by atoms with Crippen molar-refractivity contribution in [1.82, 2.24) is 0 Å². The van der Waals surface area contributed by atoms with E-state index in [-0.39, 0.29) is 12.4 Å². The van der Waals surface area contributed by atoms with Crippen LogP contribution in [0.1, 0.15) is 48.5 Å². The molecule has 0 bridgehead atoms. The lowest BCUT2D eigenvalue weighted by Gasteiger charge is -2.23. The first kappa shape index (κ1) is 16.5. The zero-order valence-corrected chi connectivity index (χ0v) is 13.3. The molecule has 0 amide bonds. The summed E-state index contributed by atoms with van der Waals surface area (Å²) < 4.78 is 11.8. The van der Waals surface area contributed by atoms with Crippen LogP contribution in [-0.2, 0) is 8.53 Å². The van der Waals surface area contributed by atoms with E-state index in [9.17, 15) is 0 Å². The molecule has 0 aliphatic rings. The zero-order valence-electron chi connectivity index (χ0n) is 12.1. The van der Waals surface area contributed by atoms with Gasteiger partial charge in [-0.05, 0) is 20.8 Å². The molecule has 0 fully saturated rings. The fourth-order valence-electron chi connectivity index (χ4n) is 1.95. The van der Waals surface area contributed by atoms with E-state index in [1.54, 1.807) is 0 Å². The zero-order chi connectivity index (χ0) is 12.7. The third-order valence-corrected chi connectivity index (χ3v) is 6.02. The van der Waals surface area contributed by atoms with Gasteiger partial charge in [0.1, 0.15) is 6.29 Å². The first-order chi connectivity index (χ1) is 7.31. The average Bonchev–Trinajstić information content (AvgIpc) is 1.97. The maximum absolute atomic E-state index is 6.10. The van der Waals surface area contributed by atoms with Crippen molar-refractivity contribution in [2.24, 2.45) is 11.8 Å². The van der Waals surface area contributed by atoms with E-state index in [0.29, 0.717) is 0 Å². The summed E-state index contributed by atoms with van der Waals surface area (Å²) in [6, 6.07) is 0. The highest BCUT2D eigenvalue weighted by molar-refractivity contribution is 6.51. The normalized spacial score (nSPS) is 13.9. The van der Waals surface area contributed by atoms with Crippen LogP contribution in [0.3, 0.4) is 0 Å². The van der Waals surface area contributed by atoms with Crippen molar-refractivity contribution < 1.29 is 8.53 Å². The second kappa shape index (κ2) is 8.53. The van der Waals surface area contributed by atoms with E-state index in [0.717, 1.165) is 11.8 Å². The van der Waals surface area contributed by atoms with Gasteiger partial charge >= 0.3 is 14.5 Å². The summed E-state index contributed by atoms with van der Waals surface area (Å²) in [5.41, 5.74) is 0. The van der Waals surface area contributed by atoms with Gasteiger partial charge in [-0.2, -0.15) is 0 Å². The summed E-state index contributed by atoms with van der Waals surface area (Å²) in [6.45, 7) is 15.2. The smallest absolute Gasteiger partial charge is 0.463 e. The van der Waals surface area contributed by atoms with Crippen LogP contribution in [0.15, 0.2) is 0 Å². The average molecular weight is 244 g/mol. The highest BCUT2D eigenvalue weighted by Crippen LogP contribution is 2.17. The third kappa shape index (κ3) is 9.66. The van der Waals surface area contributed by atoms with Crippen LogP contribution in [0.2, 0.25) is 10.6 Å². The van der Waals surface area contributed by atoms with Gasteiger partial charge in [0.25, 0.3) is 0 Å². The molecule has 0 aromatic carbocycles. The quantitative estimate of drug-likeness (QED) is 0.473. The van der Waals surface area contributed by atoms with Crippen LogP contribution in [0.5, 0.6) is 0 Å². The Kier molecular flexibility index (Phi) is 8.77. The van der Waals surface area contributed by atoms with Crippen LogP contribution >= 0.6 is 0 Å². The topological polar surface area (TPSA) is 18.5 Å². The van der Waals surface area contributed by atoms with Crippen LogP contribution in [0, 0.1) is 11.8 Å². The van der Waals surface area contributed by atoms with Crippen molar-refractivity contribution in [3.8, 4) is 0 Å². The number of ether oxygens (including phenoxy) is 1. The van der Waals surface area contributed by atoms with E-state index in [4.69, 9.17) is 8.53 Å². The Bertz CT molecular complexity index is 159. The molecule has 0 heterocycles. The SMILES string of the molecule is CC(C)[CH2][Al]([CH2]C(C)C)[O]C(C)OC(C)C. The van der Waals surface area contributed by atoms with Crippen molar-refractivity contribution in [3.63, 3.8) is 0 Å². The number of rotatable bonds is 8. The van der Waals surface area contributed by atoms with E-state index in [1.165, 1.54) is 10.6 Å². The molecular formula is C13H29AlO2. The molecule has 2 nitrogen and oxygen atoms in total. The Morgan fingerprint density at radius 2 is 1.25 bits per heavy atom. The minimum atomic E-state index is -1.09. The minimum Gasteiger partial charge on any atom is -0.478 e. The van der Waals surface area contributed by atoms with Gasteiger partial charge in [-0.25, -0.2) is 0 Å². The van der Waals surface area contributed by atoms with E-state index in [2.05, 4.69) is 41.5 Å². The predicted molar refractivity (Wildman–Crippen MR) is 71.8 cm³/mol. The lowest BCUT2D eigenvalue weighted by atomic mass is 10.3. The molecular weight excluding hydrogens is 215 g/mol. The van der Waals surface area contributed by atoms with Crippen LogP contribution in [0.4, 0.5) is 0 Å². The fourth-order valence-corrected chi connectivity index (χ4v) is 5.07. The predicted octanol–water partition coefficient (Wildman–Crippen LogP) is 4.08. The van der Waals surface area contributed by atoms with Gasteiger partial charge < -0.3 is 8.53 Å². The lowest BCUT2D eigenvalue weighted by Crippen LogP contribution is -2.29. The molecule has 0 aromatic heterocycles. The van der Waals surface area contributed by atoms with E-state index < -0.39 is 14.5 Å². The first-order valence-corrected chi connectivity index (χ1v) is 8.72. The van der Waals surface area contributed by atoms with Crippen LogP contribution in [-0.4, -0.2) is 26.9 Å². The summed E-state index contributed by atoms with van der Waals surface area (Å²) in [7, 11) is 0. The van der Waals surface area contributed by atoms with Gasteiger partial charge in [0.15, 0.2) is 0 Å². The van der Waals surface area contributed by atoms with Crippen molar-refractivity contribution in [2.45, 2.75) is 71.4 Å². The fraction of sp³-hybridized carbons (Fsp3) is 1.00. The molecule has 0 aliphatic heterocycles. The Morgan fingerprint density at radius 3 is 1.56 bits per heavy atom. The number of hydrogen-bond acceptors (Lipinski definition) is 2. The summed E-state index contributed by atoms with van der Waals surface area (Å²) >= 11 is -1.09. The Balaban J connectivity index is 4.08. The number of hydrogen-bond donors (Lipinski definition) is 0. The van der Waals surface area contributed by atoms with E-state index >= 15 is 0 Å². The van der Waals surface area contributed by atoms with E-state index in [1.807, 2.05) is 6.92 Å². The van der Waals surface area contributed by atoms with Gasteiger partial charge in [-0.3, -0.25) is 0 Å². The molecule has 1 unspecified atom stereocenters. The molecule has 3 heteroatoms. The van der Waals surface area contributed by atoms with Gasteiger partial charge in [0.2, 0.25) is 0 Å². The van der Waals surface area contributed by atoms with Crippen molar-refractivity contribution in [3.05, 3.63) is 0 Å². The van der Waals surface area contributed by atoms with Gasteiger partial charge in [-0.15, -0.1) is 0 Å². The molecule has 0 saturated carbocycles. The Labute approximate surface area is 106 Å². The molecule has 0 rings (SSSR count). The van der Waals surface area contributed by atoms with Crippen LogP contribution in [0.25, 0.3) is 0 Å². The molecule has 96 valence electrons. The highest BCUT2D eigenvalue weighted by Gasteiger charge is 2.25. The minimum absolute atomic E-state index is 0.0332. The highest BCUT2D eigenvalue weighted by atomic mass is 27.2. The standard InChI is InChI=1S/C5H11O2.2C4H9.Al/c1-4(2)7-5(3)6;2*1-4(2)3;/h4-5H,1-3H3;2*4H,1H2,2-3H3;/q-1;;;+1. The maximum Gasteiger partial charge on any atom is 0.463 e. The monoisotopic (exact) mass is 244 g/mol. The molecule has 0 radical (unpaired) electrons. The molecule has 0 aliphatic carbocycles. The molecule has 1 atom stereocenters. The summed E-state index contributed by atoms with van der Waals surface area (Å²) in [5, 5.41) is 2.51. The van der Waals surface area contributed by atoms with Gasteiger partial charge in [0.05, 0.1) is 6.10 Å². The van der Waals surface area contributed by atoms with Gasteiger partial charge in [0, 0.05) is 0 Å². The van der Waals surface area contributed by atoms with Crippen molar-refractivity contribution in [1.29, 1.82) is 0 Å². The molecule has 16 heavy (non-hydrogen) atoms. The largest absolute Gasteiger partial charge is 0.478 e. The first-order valence-electron chi connectivity index (χ1n) is 6.62. The lowest BCUT2D eigenvalue weighted by molar-refractivity contribution is -0.0983. The Hall–Kier alpha value is 0.452. The van der Waals surface area contributed by atoms with Gasteiger partial charge in [-0.1, -0.05) is 50.1 Å². The second-order valence-electron chi connectivity index (χ2n) is 5.77. The summed E-state index contributed by atoms with van der Waals surface area (Å²) in [5.74, 6) is 1.48. The summed E-state index contributed by atoms with van der Waals surface area (Å²) in [4.78, 5) is 0. The van der Waals surface area contributed by atoms with Crippen molar-refractivity contribution >= 4 is 14.5 Å². The molecule has 0 spiro atoms. The van der Waals surface area contributed by atoms with Crippen LogP contribution < -0.4 is 0 Å². The molecule has 0 aromatic rings. The molecule has 0 saturated heterocycles. The molecule has 0 N–H and O–H groups in total. The second-order valence-corrected chi connectivity index (χ2v) is 8.23. The van der Waals surface area contributed by atoms with Crippen molar-refractivity contribution in [2.75, 3.05) is 0 Å². The maximum atomic E-state index is 6.10.